The molecule has 0 fully saturated rings. The third-order valence-electron chi connectivity index (χ3n) is 4.19. The molecule has 1 unspecified atom stereocenters. The Morgan fingerprint density at radius 2 is 1.58 bits per heavy atom. The largest absolute Gasteiger partial charge is 0.416 e. The topological polar surface area (TPSA) is 73.6 Å². The number of nitrogens with zero attached hydrogens (tertiary/aromatic N) is 5. The lowest BCUT2D eigenvalue weighted by molar-refractivity contribution is -0.143. The van der Waals surface area contributed by atoms with Crippen molar-refractivity contribution in [3.8, 4) is 5.95 Å². The Morgan fingerprint density at radius 1 is 1.03 bits per heavy atom. The van der Waals surface area contributed by atoms with Gasteiger partial charge in [-0.2, -0.15) is 31.0 Å². The number of aromatic nitrogens is 5. The van der Waals surface area contributed by atoms with E-state index in [1.807, 2.05) is 0 Å². The summed E-state index contributed by atoms with van der Waals surface area (Å²) in [6, 6.07) is 2.35. The number of rotatable bonds is 5. The summed E-state index contributed by atoms with van der Waals surface area (Å²) in [7, 11) is 0. The highest BCUT2D eigenvalue weighted by Crippen LogP contribution is 2.37. The maximum absolute atomic E-state index is 13.1. The van der Waals surface area contributed by atoms with Gasteiger partial charge in [-0.3, -0.25) is 4.79 Å². The van der Waals surface area contributed by atoms with Gasteiger partial charge in [-0.1, -0.05) is 6.92 Å². The fraction of sp³-hybridized carbons (Fsp3) is 0.278. The Bertz CT molecular complexity index is 1060. The predicted octanol–water partition coefficient (Wildman–Crippen LogP) is 5.23. The molecule has 0 aliphatic carbocycles. The molecule has 0 spiro atoms. The van der Waals surface area contributed by atoms with Crippen LogP contribution in [0.4, 0.5) is 26.3 Å². The van der Waals surface area contributed by atoms with E-state index in [2.05, 4.69) is 36.0 Å². The minimum absolute atomic E-state index is 0.0271. The van der Waals surface area contributed by atoms with Crippen molar-refractivity contribution in [2.75, 3.05) is 0 Å². The molecule has 6 nitrogen and oxygen atoms in total. The van der Waals surface area contributed by atoms with Gasteiger partial charge < -0.3 is 0 Å². The molecule has 1 atom stereocenters. The highest BCUT2D eigenvalue weighted by Gasteiger charge is 2.37. The molecule has 0 aliphatic heterocycles. The minimum Gasteiger partial charge on any atom is -0.294 e. The Morgan fingerprint density at radius 3 is 2.10 bits per heavy atom. The van der Waals surface area contributed by atoms with Crippen LogP contribution in [0.15, 0.2) is 41.4 Å². The van der Waals surface area contributed by atoms with Crippen LogP contribution in [0.5, 0.6) is 0 Å². The normalized spacial score (nSPS) is 13.3. The van der Waals surface area contributed by atoms with Gasteiger partial charge in [0.25, 0.3) is 5.95 Å². The lowest BCUT2D eigenvalue weighted by Crippen LogP contribution is -2.16. The number of ketones is 1. The van der Waals surface area contributed by atoms with Crippen molar-refractivity contribution in [2.45, 2.75) is 31.6 Å². The molecule has 13 heteroatoms. The van der Waals surface area contributed by atoms with Gasteiger partial charge in [-0.25, -0.2) is 15.0 Å². The quantitative estimate of drug-likeness (QED) is 0.349. The molecule has 0 saturated heterocycles. The number of benzene rings is 1. The van der Waals surface area contributed by atoms with Crippen LogP contribution in [0.1, 0.15) is 46.6 Å². The van der Waals surface area contributed by atoms with E-state index in [0.717, 1.165) is 0 Å². The highest BCUT2D eigenvalue weighted by atomic mass is 79.9. The van der Waals surface area contributed by atoms with E-state index in [1.165, 1.54) is 24.0 Å². The van der Waals surface area contributed by atoms with E-state index < -0.39 is 47.2 Å². The number of carbonyl (C=O) groups excluding carboxylic acids is 1. The number of hydrogen-bond donors (Lipinski definition) is 0. The van der Waals surface area contributed by atoms with E-state index in [4.69, 9.17) is 0 Å². The first kappa shape index (κ1) is 22.8. The highest BCUT2D eigenvalue weighted by molar-refractivity contribution is 9.10. The molecule has 0 amide bonds. The monoisotopic (exact) mass is 507 g/mol. The Labute approximate surface area is 179 Å². The molecule has 3 rings (SSSR count). The summed E-state index contributed by atoms with van der Waals surface area (Å²) in [5.74, 6) is -1.30. The average molecular weight is 508 g/mol. The van der Waals surface area contributed by atoms with Gasteiger partial charge in [0.05, 0.1) is 11.1 Å². The fourth-order valence-corrected chi connectivity index (χ4v) is 3.11. The van der Waals surface area contributed by atoms with Crippen molar-refractivity contribution in [1.82, 2.24) is 24.7 Å². The third kappa shape index (κ3) is 5.27. The molecule has 0 radical (unpaired) electrons. The van der Waals surface area contributed by atoms with Crippen LogP contribution in [0.25, 0.3) is 5.95 Å². The second kappa shape index (κ2) is 8.36. The molecular formula is C18H12BrF6N5O. The number of hydrogen-bond acceptors (Lipinski definition) is 5. The van der Waals surface area contributed by atoms with E-state index in [9.17, 15) is 31.1 Å². The summed E-state index contributed by atoms with van der Waals surface area (Å²) >= 11 is 3.09. The van der Waals surface area contributed by atoms with Gasteiger partial charge in [0.2, 0.25) is 4.73 Å². The maximum atomic E-state index is 13.1. The summed E-state index contributed by atoms with van der Waals surface area (Å²) in [5, 5.41) is 4.06. The molecule has 0 saturated carbocycles. The molecule has 2 aromatic heterocycles. The predicted molar refractivity (Wildman–Crippen MR) is 98.5 cm³/mol. The van der Waals surface area contributed by atoms with Crippen LogP contribution in [-0.2, 0) is 12.4 Å². The molecule has 31 heavy (non-hydrogen) atoms. The van der Waals surface area contributed by atoms with Gasteiger partial charge in [-0.05, 0) is 40.2 Å². The minimum atomic E-state index is -5.04. The lowest BCUT2D eigenvalue weighted by atomic mass is 9.96. The van der Waals surface area contributed by atoms with E-state index in [0.29, 0.717) is 12.1 Å². The van der Waals surface area contributed by atoms with Gasteiger partial charge in [0.1, 0.15) is 5.82 Å². The van der Waals surface area contributed by atoms with Crippen LogP contribution in [0.3, 0.4) is 0 Å². The van der Waals surface area contributed by atoms with Crippen molar-refractivity contribution >= 4 is 21.7 Å². The molecule has 3 aromatic rings. The lowest BCUT2D eigenvalue weighted by Gasteiger charge is -2.15. The number of Topliss-reactive ketones (excluding diaryl/α,β-unsaturated/α-hetero) is 1. The zero-order valence-electron chi connectivity index (χ0n) is 15.5. The van der Waals surface area contributed by atoms with Crippen LogP contribution in [0, 0.1) is 0 Å². The molecule has 164 valence electrons. The Hall–Kier alpha value is -2.83. The molecule has 0 N–H and O–H groups in total. The maximum Gasteiger partial charge on any atom is 0.416 e. The smallest absolute Gasteiger partial charge is 0.294 e. The second-order valence-electron chi connectivity index (χ2n) is 6.52. The molecular weight excluding hydrogens is 496 g/mol. The van der Waals surface area contributed by atoms with Crippen molar-refractivity contribution in [3.63, 3.8) is 0 Å². The van der Waals surface area contributed by atoms with E-state index in [-0.39, 0.29) is 22.6 Å². The first-order valence-corrected chi connectivity index (χ1v) is 9.38. The number of alkyl halides is 6. The van der Waals surface area contributed by atoms with Crippen LogP contribution in [0.2, 0.25) is 0 Å². The summed E-state index contributed by atoms with van der Waals surface area (Å²) in [5.41, 5.74) is -3.81. The SMILES string of the molecule is CC(CC(=O)c1cc(C(F)(F)F)cc(C(F)(F)F)c1)c1nc(Br)nn1-c1ncccn1. The zero-order chi connectivity index (χ0) is 23.0. The zero-order valence-corrected chi connectivity index (χ0v) is 17.1. The van der Waals surface area contributed by atoms with E-state index in [1.54, 1.807) is 6.07 Å². The summed E-state index contributed by atoms with van der Waals surface area (Å²) in [6.45, 7) is 1.53. The average Bonchev–Trinajstić information content (AvgIpc) is 3.09. The molecule has 1 aromatic carbocycles. The molecule has 0 bridgehead atoms. The number of halogens is 7. The van der Waals surface area contributed by atoms with Gasteiger partial charge in [-0.15, -0.1) is 5.10 Å². The van der Waals surface area contributed by atoms with Crippen molar-refractivity contribution in [3.05, 3.63) is 63.9 Å². The van der Waals surface area contributed by atoms with Gasteiger partial charge >= 0.3 is 12.4 Å². The first-order chi connectivity index (χ1) is 14.4. The molecule has 2 heterocycles. The van der Waals surface area contributed by atoms with Crippen molar-refractivity contribution < 1.29 is 31.1 Å². The van der Waals surface area contributed by atoms with Crippen LogP contribution >= 0.6 is 15.9 Å². The van der Waals surface area contributed by atoms with Crippen molar-refractivity contribution in [2.24, 2.45) is 0 Å². The first-order valence-electron chi connectivity index (χ1n) is 8.59. The second-order valence-corrected chi connectivity index (χ2v) is 7.23. The van der Waals surface area contributed by atoms with Gasteiger partial charge in [0, 0.05) is 30.3 Å². The standard InChI is InChI=1S/C18H12BrF6N5O/c1-9(14-28-15(19)29-30(14)16-26-3-2-4-27-16)5-13(31)10-6-11(17(20,21)22)8-12(7-10)18(23,24)25/h2-4,6-9H,5H2,1H3. The summed E-state index contributed by atoms with van der Waals surface area (Å²) in [6.07, 6.45) is -7.62. The summed E-state index contributed by atoms with van der Waals surface area (Å²) < 4.78 is 79.7. The number of carbonyl (C=O) groups is 1. The fourth-order valence-electron chi connectivity index (χ4n) is 2.77. The Balaban J connectivity index is 1.94. The van der Waals surface area contributed by atoms with Crippen LogP contribution in [-0.4, -0.2) is 30.5 Å². The van der Waals surface area contributed by atoms with Gasteiger partial charge in [0.15, 0.2) is 5.78 Å². The third-order valence-corrected chi connectivity index (χ3v) is 4.53. The van der Waals surface area contributed by atoms with Crippen LogP contribution < -0.4 is 0 Å². The Kier molecular flexibility index (Phi) is 6.16. The summed E-state index contributed by atoms with van der Waals surface area (Å²) in [4.78, 5) is 24.8. The van der Waals surface area contributed by atoms with E-state index >= 15 is 0 Å². The molecule has 0 aliphatic rings. The van der Waals surface area contributed by atoms with Crippen molar-refractivity contribution in [1.29, 1.82) is 0 Å².